The average molecular weight is 477 g/mol. The second-order valence-corrected chi connectivity index (χ2v) is 8.73. The van der Waals surface area contributed by atoms with E-state index in [9.17, 15) is 19.7 Å². The molecule has 0 fully saturated rings. The van der Waals surface area contributed by atoms with Crippen molar-refractivity contribution >= 4 is 44.7 Å². The van der Waals surface area contributed by atoms with Crippen LogP contribution in [0.1, 0.15) is 67.9 Å². The normalized spacial score (nSPS) is 10.6. The van der Waals surface area contributed by atoms with Gasteiger partial charge in [-0.05, 0) is 55.8 Å². The van der Waals surface area contributed by atoms with E-state index in [1.807, 2.05) is 0 Å². The third-order valence-electron chi connectivity index (χ3n) is 4.94. The van der Waals surface area contributed by atoms with Gasteiger partial charge < -0.3 is 16.4 Å². The fourth-order valence-corrected chi connectivity index (χ4v) is 4.08. The molecule has 0 atom stereocenters. The third kappa shape index (κ3) is 8.78. The molecule has 33 heavy (non-hydrogen) atoms. The first kappa shape index (κ1) is 26.2. The molecule has 1 aromatic carbocycles. The van der Waals surface area contributed by atoms with Gasteiger partial charge in [0.1, 0.15) is 5.69 Å². The van der Waals surface area contributed by atoms with Crippen molar-refractivity contribution in [2.24, 2.45) is 5.73 Å². The fraction of sp³-hybridized carbons (Fsp3) is 0.500. The highest BCUT2D eigenvalue weighted by molar-refractivity contribution is 7.19. The van der Waals surface area contributed by atoms with E-state index in [1.165, 1.54) is 39.5 Å². The zero-order valence-corrected chi connectivity index (χ0v) is 19.9. The van der Waals surface area contributed by atoms with Crippen LogP contribution in [0.2, 0.25) is 0 Å². The summed E-state index contributed by atoms with van der Waals surface area (Å²) in [5, 5.41) is 19.6. The molecule has 0 saturated carbocycles. The van der Waals surface area contributed by atoms with E-state index in [-0.39, 0.29) is 27.3 Å². The van der Waals surface area contributed by atoms with Gasteiger partial charge >= 0.3 is 5.00 Å². The van der Waals surface area contributed by atoms with Gasteiger partial charge in [0.05, 0.1) is 16.2 Å². The van der Waals surface area contributed by atoms with Crippen molar-refractivity contribution in [2.45, 2.75) is 58.8 Å². The second kappa shape index (κ2) is 13.5. The van der Waals surface area contributed by atoms with Crippen LogP contribution in [-0.4, -0.2) is 34.8 Å². The number of aryl methyl sites for hydroxylation is 1. The number of amides is 2. The third-order valence-corrected chi connectivity index (χ3v) is 5.97. The molecule has 0 aliphatic carbocycles. The highest BCUT2D eigenvalue weighted by Gasteiger charge is 2.20. The zero-order valence-electron chi connectivity index (χ0n) is 19.1. The number of anilines is 3. The Kier molecular flexibility index (Phi) is 10.7. The van der Waals surface area contributed by atoms with Crippen molar-refractivity contribution in [1.82, 2.24) is 4.98 Å². The number of hydrogen-bond acceptors (Lipinski definition) is 8. The molecule has 0 unspecified atom stereocenters. The number of carbonyl (C=O) groups is 2. The van der Waals surface area contributed by atoms with Crippen molar-refractivity contribution in [1.29, 1.82) is 0 Å². The Bertz CT molecular complexity index is 962. The smallest absolute Gasteiger partial charge is 0.348 e. The molecule has 2 aromatic rings. The van der Waals surface area contributed by atoms with Crippen molar-refractivity contribution < 1.29 is 14.5 Å². The molecule has 0 saturated heterocycles. The van der Waals surface area contributed by atoms with Gasteiger partial charge in [-0.25, -0.2) is 4.98 Å². The average Bonchev–Trinajstić information content (AvgIpc) is 3.12. The summed E-state index contributed by atoms with van der Waals surface area (Å²) in [6, 6.07) is 5.08. The Morgan fingerprint density at radius 1 is 1.09 bits per heavy atom. The van der Waals surface area contributed by atoms with Crippen LogP contribution in [-0.2, 0) is 4.79 Å². The minimum atomic E-state index is -0.534. The fourth-order valence-electron chi connectivity index (χ4n) is 3.31. The SMILES string of the molecule is CC(=O)Nc1cc(NCCCCCCCCCN)ccc1C(=O)Nc1nc(C)c([N+](=O)[O-])s1. The van der Waals surface area contributed by atoms with Gasteiger partial charge in [-0.15, -0.1) is 0 Å². The molecule has 0 spiro atoms. The summed E-state index contributed by atoms with van der Waals surface area (Å²) in [6.45, 7) is 4.42. The summed E-state index contributed by atoms with van der Waals surface area (Å²) >= 11 is 0.789. The number of unbranched alkanes of at least 4 members (excludes halogenated alkanes) is 6. The minimum absolute atomic E-state index is 0.123. The lowest BCUT2D eigenvalue weighted by atomic mass is 10.1. The Morgan fingerprint density at radius 3 is 2.36 bits per heavy atom. The Labute approximate surface area is 197 Å². The van der Waals surface area contributed by atoms with E-state index in [0.29, 0.717) is 5.69 Å². The molecule has 1 heterocycles. The van der Waals surface area contributed by atoms with Gasteiger partial charge in [0.25, 0.3) is 5.91 Å². The van der Waals surface area contributed by atoms with E-state index in [0.717, 1.165) is 49.4 Å². The maximum Gasteiger partial charge on any atom is 0.348 e. The van der Waals surface area contributed by atoms with Gasteiger partial charge in [0.2, 0.25) is 5.91 Å². The number of carbonyl (C=O) groups excluding carboxylic acids is 2. The van der Waals surface area contributed by atoms with E-state index in [2.05, 4.69) is 20.9 Å². The van der Waals surface area contributed by atoms with E-state index >= 15 is 0 Å². The molecule has 11 heteroatoms. The predicted molar refractivity (Wildman–Crippen MR) is 132 cm³/mol. The molecular formula is C22H32N6O4S. The molecule has 10 nitrogen and oxygen atoms in total. The molecular weight excluding hydrogens is 444 g/mol. The number of rotatable bonds is 14. The van der Waals surface area contributed by atoms with Crippen molar-refractivity contribution in [3.8, 4) is 0 Å². The number of hydrogen-bond donors (Lipinski definition) is 4. The summed E-state index contributed by atoms with van der Waals surface area (Å²) in [6.07, 6.45) is 8.08. The maximum absolute atomic E-state index is 12.8. The van der Waals surface area contributed by atoms with E-state index in [4.69, 9.17) is 5.73 Å². The van der Waals surface area contributed by atoms with Crippen LogP contribution in [0, 0.1) is 17.0 Å². The number of nitrogens with two attached hydrogens (primary N) is 1. The molecule has 5 N–H and O–H groups in total. The largest absolute Gasteiger partial charge is 0.385 e. The molecule has 0 aliphatic heterocycles. The summed E-state index contributed by atoms with van der Waals surface area (Å²) in [5.41, 5.74) is 7.12. The molecule has 0 radical (unpaired) electrons. The molecule has 0 bridgehead atoms. The first-order valence-corrected chi connectivity index (χ1v) is 11.9. The number of benzene rings is 1. The van der Waals surface area contributed by atoms with Gasteiger partial charge in [-0.3, -0.25) is 25.0 Å². The molecule has 2 rings (SSSR count). The van der Waals surface area contributed by atoms with Gasteiger partial charge in [0.15, 0.2) is 5.13 Å². The number of nitrogens with one attached hydrogen (secondary N) is 3. The van der Waals surface area contributed by atoms with E-state index < -0.39 is 10.8 Å². The molecule has 180 valence electrons. The summed E-state index contributed by atoms with van der Waals surface area (Å²) in [7, 11) is 0. The quantitative estimate of drug-likeness (QED) is 0.175. The van der Waals surface area contributed by atoms with Crippen LogP contribution in [0.25, 0.3) is 0 Å². The van der Waals surface area contributed by atoms with Crippen LogP contribution in [0.5, 0.6) is 0 Å². The molecule has 1 aromatic heterocycles. The second-order valence-electron chi connectivity index (χ2n) is 7.75. The maximum atomic E-state index is 12.8. The Hall–Kier alpha value is -3.05. The lowest BCUT2D eigenvalue weighted by molar-refractivity contribution is -0.380. The lowest BCUT2D eigenvalue weighted by Crippen LogP contribution is -2.17. The summed E-state index contributed by atoms with van der Waals surface area (Å²) < 4.78 is 0. The highest BCUT2D eigenvalue weighted by Crippen LogP contribution is 2.30. The zero-order chi connectivity index (χ0) is 24.2. The topological polar surface area (TPSA) is 152 Å². The first-order chi connectivity index (χ1) is 15.8. The number of nitro groups is 1. The highest BCUT2D eigenvalue weighted by atomic mass is 32.1. The van der Waals surface area contributed by atoms with Crippen LogP contribution in [0.3, 0.4) is 0 Å². The molecule has 0 aliphatic rings. The minimum Gasteiger partial charge on any atom is -0.385 e. The van der Waals surface area contributed by atoms with Gasteiger partial charge in [-0.2, -0.15) is 0 Å². The predicted octanol–water partition coefficient (Wildman–Crippen LogP) is 4.67. The lowest BCUT2D eigenvalue weighted by Gasteiger charge is -2.13. The summed E-state index contributed by atoms with van der Waals surface area (Å²) in [4.78, 5) is 38.9. The number of thiazole rings is 1. The van der Waals surface area contributed by atoms with Crippen LogP contribution in [0.15, 0.2) is 18.2 Å². The van der Waals surface area contributed by atoms with Crippen molar-refractivity contribution in [3.63, 3.8) is 0 Å². The van der Waals surface area contributed by atoms with Gasteiger partial charge in [-0.1, -0.05) is 32.1 Å². The van der Waals surface area contributed by atoms with Crippen molar-refractivity contribution in [3.05, 3.63) is 39.6 Å². The first-order valence-electron chi connectivity index (χ1n) is 11.1. The summed E-state index contributed by atoms with van der Waals surface area (Å²) in [5.74, 6) is -0.819. The Balaban J connectivity index is 1.95. The standard InChI is InChI=1S/C22H32N6O4S/c1-15-21(28(31)32)33-22(25-15)27-20(30)18-11-10-17(14-19(18)26-16(2)29)24-13-9-7-5-3-4-6-8-12-23/h10-11,14,24H,3-9,12-13,23H2,1-2H3,(H,26,29)(H,25,27,30). The monoisotopic (exact) mass is 476 g/mol. The van der Waals surface area contributed by atoms with E-state index in [1.54, 1.807) is 18.2 Å². The van der Waals surface area contributed by atoms with Crippen LogP contribution < -0.4 is 21.7 Å². The van der Waals surface area contributed by atoms with Gasteiger partial charge in [0, 0.05) is 19.2 Å². The Morgan fingerprint density at radius 2 is 1.76 bits per heavy atom. The van der Waals surface area contributed by atoms with Crippen molar-refractivity contribution in [2.75, 3.05) is 29.0 Å². The van der Waals surface area contributed by atoms with Crippen LogP contribution >= 0.6 is 11.3 Å². The number of nitrogens with zero attached hydrogens (tertiary/aromatic N) is 2. The number of aromatic nitrogens is 1. The van der Waals surface area contributed by atoms with Crippen LogP contribution in [0.4, 0.5) is 21.5 Å². The molecule has 2 amide bonds.